The van der Waals surface area contributed by atoms with Crippen LogP contribution in [0.3, 0.4) is 0 Å². The molecule has 0 fully saturated rings. The summed E-state index contributed by atoms with van der Waals surface area (Å²) < 4.78 is 0. The zero-order valence-electron chi connectivity index (χ0n) is 15.4. The van der Waals surface area contributed by atoms with Gasteiger partial charge in [-0.2, -0.15) is 0 Å². The molecule has 0 heterocycles. The molecule has 0 radical (unpaired) electrons. The minimum absolute atomic E-state index is 0.253. The average molecular weight is 348 g/mol. The molecule has 26 heavy (non-hydrogen) atoms. The summed E-state index contributed by atoms with van der Waals surface area (Å²) in [6, 6.07) is 14.6. The van der Waals surface area contributed by atoms with E-state index in [4.69, 9.17) is 0 Å². The molecule has 0 aliphatic heterocycles. The van der Waals surface area contributed by atoms with Crippen molar-refractivity contribution >= 4 is 0 Å². The van der Waals surface area contributed by atoms with Crippen molar-refractivity contribution in [2.24, 2.45) is 0 Å². The van der Waals surface area contributed by atoms with Crippen molar-refractivity contribution in [3.05, 3.63) is 87.5 Å². The summed E-state index contributed by atoms with van der Waals surface area (Å²) in [6.07, 6.45) is 1.22. The zero-order valence-corrected chi connectivity index (χ0v) is 15.4. The van der Waals surface area contributed by atoms with E-state index in [-0.39, 0.29) is 11.5 Å². The lowest BCUT2D eigenvalue weighted by molar-refractivity contribution is 0.463. The van der Waals surface area contributed by atoms with Gasteiger partial charge < -0.3 is 15.3 Å². The Hall–Kier alpha value is -2.94. The lowest BCUT2D eigenvalue weighted by atomic mass is 9.93. The van der Waals surface area contributed by atoms with Crippen LogP contribution < -0.4 is 0 Å². The van der Waals surface area contributed by atoms with Crippen LogP contribution in [0.1, 0.15) is 38.9 Å². The second-order valence-electron chi connectivity index (χ2n) is 7.01. The number of aromatic hydroxyl groups is 3. The van der Waals surface area contributed by atoms with Gasteiger partial charge in [0.1, 0.15) is 17.2 Å². The quantitative estimate of drug-likeness (QED) is 0.628. The summed E-state index contributed by atoms with van der Waals surface area (Å²) in [5.74, 6) is 0.821. The van der Waals surface area contributed by atoms with Crippen LogP contribution in [0.4, 0.5) is 0 Å². The molecular formula is C23H24O3. The zero-order chi connectivity index (χ0) is 18.8. The fourth-order valence-electron chi connectivity index (χ4n) is 3.37. The van der Waals surface area contributed by atoms with Gasteiger partial charge in [-0.15, -0.1) is 0 Å². The molecule has 0 aliphatic rings. The highest BCUT2D eigenvalue weighted by atomic mass is 16.3. The molecule has 3 aromatic carbocycles. The van der Waals surface area contributed by atoms with Gasteiger partial charge in [0.25, 0.3) is 0 Å². The molecule has 3 N–H and O–H groups in total. The smallest absolute Gasteiger partial charge is 0.122 e. The fourth-order valence-corrected chi connectivity index (χ4v) is 3.37. The highest BCUT2D eigenvalue weighted by Gasteiger charge is 2.12. The second-order valence-corrected chi connectivity index (χ2v) is 7.01. The maximum absolute atomic E-state index is 10.8. The number of phenols is 3. The van der Waals surface area contributed by atoms with Crippen LogP contribution in [-0.2, 0) is 12.8 Å². The number of hydrogen-bond acceptors (Lipinski definition) is 3. The van der Waals surface area contributed by atoms with Crippen molar-refractivity contribution in [2.75, 3.05) is 0 Å². The monoisotopic (exact) mass is 348 g/mol. The van der Waals surface area contributed by atoms with Gasteiger partial charge in [-0.05, 0) is 78.4 Å². The Morgan fingerprint density at radius 2 is 1.00 bits per heavy atom. The third kappa shape index (κ3) is 3.83. The van der Waals surface area contributed by atoms with Crippen molar-refractivity contribution in [2.45, 2.75) is 33.6 Å². The molecule has 3 heteroatoms. The van der Waals surface area contributed by atoms with Crippen molar-refractivity contribution in [3.63, 3.8) is 0 Å². The minimum Gasteiger partial charge on any atom is -0.508 e. The molecule has 3 nitrogen and oxygen atoms in total. The van der Waals surface area contributed by atoms with E-state index in [1.54, 1.807) is 24.3 Å². The van der Waals surface area contributed by atoms with E-state index in [0.717, 1.165) is 38.9 Å². The van der Waals surface area contributed by atoms with Crippen LogP contribution in [0.25, 0.3) is 0 Å². The first-order chi connectivity index (χ1) is 12.3. The summed E-state index contributed by atoms with van der Waals surface area (Å²) in [4.78, 5) is 0. The maximum Gasteiger partial charge on any atom is 0.122 e. The Kier molecular flexibility index (Phi) is 4.90. The van der Waals surface area contributed by atoms with Gasteiger partial charge in [0.05, 0.1) is 0 Å². The molecule has 0 saturated carbocycles. The van der Waals surface area contributed by atoms with Crippen molar-refractivity contribution in [1.82, 2.24) is 0 Å². The van der Waals surface area contributed by atoms with E-state index in [1.165, 1.54) is 0 Å². The Bertz CT molecular complexity index is 883. The Balaban J connectivity index is 1.95. The summed E-state index contributed by atoms with van der Waals surface area (Å²) in [7, 11) is 0. The molecule has 0 unspecified atom stereocenters. The van der Waals surface area contributed by atoms with Gasteiger partial charge in [0.15, 0.2) is 0 Å². The summed E-state index contributed by atoms with van der Waals surface area (Å²) in [5.41, 5.74) is 7.02. The van der Waals surface area contributed by atoms with Crippen molar-refractivity contribution in [3.8, 4) is 17.2 Å². The van der Waals surface area contributed by atoms with Gasteiger partial charge in [0.2, 0.25) is 0 Å². The molecule has 0 spiro atoms. The molecule has 0 amide bonds. The Labute approximate surface area is 154 Å². The highest BCUT2D eigenvalue weighted by Crippen LogP contribution is 2.31. The molecule has 0 aromatic heterocycles. The number of phenolic OH excluding ortho intramolecular Hbond substituents is 3. The topological polar surface area (TPSA) is 60.7 Å². The van der Waals surface area contributed by atoms with Crippen molar-refractivity contribution < 1.29 is 15.3 Å². The number of aryl methyl sites for hydroxylation is 3. The van der Waals surface area contributed by atoms with E-state index < -0.39 is 0 Å². The van der Waals surface area contributed by atoms with E-state index in [1.807, 2.05) is 45.0 Å². The van der Waals surface area contributed by atoms with Crippen LogP contribution in [0.5, 0.6) is 17.2 Å². The lowest BCUT2D eigenvalue weighted by Gasteiger charge is -2.14. The fraction of sp³-hybridized carbons (Fsp3) is 0.217. The van der Waals surface area contributed by atoms with Crippen LogP contribution >= 0.6 is 0 Å². The molecular weight excluding hydrogens is 324 g/mol. The molecule has 3 aromatic rings. The summed E-state index contributed by atoms with van der Waals surface area (Å²) in [5, 5.41) is 30.0. The molecule has 0 aliphatic carbocycles. The first-order valence-electron chi connectivity index (χ1n) is 8.72. The SMILES string of the molecule is Cc1cc(Cc2ccc(O)cc2C)c(O)c(Cc2ccc(O)cc2C)c1. The van der Waals surface area contributed by atoms with Gasteiger partial charge in [0, 0.05) is 12.8 Å². The third-order valence-electron chi connectivity index (χ3n) is 4.83. The Morgan fingerprint density at radius 3 is 1.38 bits per heavy atom. The Morgan fingerprint density at radius 1 is 0.577 bits per heavy atom. The highest BCUT2D eigenvalue weighted by molar-refractivity contribution is 5.50. The van der Waals surface area contributed by atoms with Gasteiger partial charge >= 0.3 is 0 Å². The number of rotatable bonds is 4. The molecule has 0 bridgehead atoms. The van der Waals surface area contributed by atoms with Crippen LogP contribution in [0, 0.1) is 20.8 Å². The minimum atomic E-state index is 0.253. The van der Waals surface area contributed by atoms with Crippen LogP contribution in [0.15, 0.2) is 48.5 Å². The standard InChI is InChI=1S/C23H24O3/c1-14-8-19(12-17-4-6-21(24)10-15(17)2)23(26)20(9-14)13-18-5-7-22(25)11-16(18)3/h4-11,24-26H,12-13H2,1-3H3. The number of hydrogen-bond donors (Lipinski definition) is 3. The van der Waals surface area contributed by atoms with Gasteiger partial charge in [-0.1, -0.05) is 29.8 Å². The van der Waals surface area contributed by atoms with Crippen molar-refractivity contribution in [1.29, 1.82) is 0 Å². The maximum atomic E-state index is 10.8. The number of benzene rings is 3. The van der Waals surface area contributed by atoms with Crippen LogP contribution in [-0.4, -0.2) is 15.3 Å². The largest absolute Gasteiger partial charge is 0.508 e. The normalized spacial score (nSPS) is 10.9. The molecule has 0 atom stereocenters. The third-order valence-corrected chi connectivity index (χ3v) is 4.83. The van der Waals surface area contributed by atoms with Gasteiger partial charge in [-0.3, -0.25) is 0 Å². The average Bonchev–Trinajstić information content (AvgIpc) is 2.56. The van der Waals surface area contributed by atoms with Crippen LogP contribution in [0.2, 0.25) is 0 Å². The predicted molar refractivity (Wildman–Crippen MR) is 104 cm³/mol. The van der Waals surface area contributed by atoms with E-state index in [2.05, 4.69) is 0 Å². The second kappa shape index (κ2) is 7.12. The van der Waals surface area contributed by atoms with E-state index in [9.17, 15) is 15.3 Å². The molecule has 3 rings (SSSR count). The van der Waals surface area contributed by atoms with E-state index in [0.29, 0.717) is 18.6 Å². The summed E-state index contributed by atoms with van der Waals surface area (Å²) in [6.45, 7) is 5.95. The molecule has 0 saturated heterocycles. The first-order valence-corrected chi connectivity index (χ1v) is 8.72. The van der Waals surface area contributed by atoms with E-state index >= 15 is 0 Å². The predicted octanol–water partition coefficient (Wildman–Crippen LogP) is 4.91. The lowest BCUT2D eigenvalue weighted by Crippen LogP contribution is -1.98. The molecule has 134 valence electrons. The summed E-state index contributed by atoms with van der Waals surface area (Å²) >= 11 is 0. The van der Waals surface area contributed by atoms with Gasteiger partial charge in [-0.25, -0.2) is 0 Å². The first kappa shape index (κ1) is 17.9.